The second-order valence-corrected chi connectivity index (χ2v) is 12.0. The van der Waals surface area contributed by atoms with Crippen LogP contribution in [-0.2, 0) is 9.16 Å². The molecule has 0 amide bonds. The Kier molecular flexibility index (Phi) is 5.00. The van der Waals surface area contributed by atoms with Crippen molar-refractivity contribution in [3.8, 4) is 0 Å². The zero-order valence-electron chi connectivity index (χ0n) is 15.2. The van der Waals surface area contributed by atoms with Crippen LogP contribution in [0.25, 0.3) is 0 Å². The highest BCUT2D eigenvalue weighted by Gasteiger charge is 2.51. The van der Waals surface area contributed by atoms with Crippen molar-refractivity contribution in [3.05, 3.63) is 60.7 Å². The summed E-state index contributed by atoms with van der Waals surface area (Å²) in [6.07, 6.45) is 1.15. The molecule has 0 saturated carbocycles. The molecule has 2 nitrogen and oxygen atoms in total. The molecule has 1 fully saturated rings. The van der Waals surface area contributed by atoms with Crippen molar-refractivity contribution < 1.29 is 9.16 Å². The van der Waals surface area contributed by atoms with E-state index in [4.69, 9.17) is 9.16 Å². The van der Waals surface area contributed by atoms with Crippen molar-refractivity contribution >= 4 is 26.5 Å². The third-order valence-electron chi connectivity index (χ3n) is 4.92. The van der Waals surface area contributed by atoms with Gasteiger partial charge in [-0.1, -0.05) is 81.4 Å². The Hall–Kier alpha value is -1.36. The zero-order valence-corrected chi connectivity index (χ0v) is 16.2. The summed E-state index contributed by atoms with van der Waals surface area (Å²) < 4.78 is 12.8. The average molecular weight is 338 g/mol. The van der Waals surface area contributed by atoms with Crippen molar-refractivity contribution in [2.45, 2.75) is 44.3 Å². The average Bonchev–Trinajstić information content (AvgIpc) is 2.98. The van der Waals surface area contributed by atoms with E-state index in [2.05, 4.69) is 89.3 Å². The van der Waals surface area contributed by atoms with E-state index in [0.29, 0.717) is 6.61 Å². The van der Waals surface area contributed by atoms with Crippen molar-refractivity contribution in [1.29, 1.82) is 0 Å². The van der Waals surface area contributed by atoms with Crippen LogP contribution in [0, 0.1) is 0 Å². The molecule has 0 spiro atoms. The minimum Gasteiger partial charge on any atom is -0.402 e. The van der Waals surface area contributed by atoms with Crippen LogP contribution in [0.15, 0.2) is 60.7 Å². The van der Waals surface area contributed by atoms with Crippen molar-refractivity contribution in [1.82, 2.24) is 0 Å². The van der Waals surface area contributed by atoms with Crippen LogP contribution in [0.1, 0.15) is 27.2 Å². The van der Waals surface area contributed by atoms with Gasteiger partial charge in [0.15, 0.2) is 0 Å². The molecule has 1 saturated heterocycles. The first-order chi connectivity index (χ1) is 11.4. The highest BCUT2D eigenvalue weighted by atomic mass is 28.4. The van der Waals surface area contributed by atoms with Gasteiger partial charge in [0.1, 0.15) is 7.85 Å². The second kappa shape index (κ2) is 6.87. The van der Waals surface area contributed by atoms with Gasteiger partial charge < -0.3 is 9.16 Å². The maximum absolute atomic E-state index is 7.02. The fourth-order valence-corrected chi connectivity index (χ4v) is 8.48. The molecule has 4 heteroatoms. The molecule has 0 bridgehead atoms. The summed E-state index contributed by atoms with van der Waals surface area (Å²) in [5, 5.41) is 2.70. The number of hydrogen-bond donors (Lipinski definition) is 0. The van der Waals surface area contributed by atoms with E-state index in [9.17, 15) is 0 Å². The molecule has 0 aliphatic carbocycles. The number of rotatable bonds is 4. The van der Waals surface area contributed by atoms with E-state index in [1.54, 1.807) is 0 Å². The van der Waals surface area contributed by atoms with Gasteiger partial charge in [-0.25, -0.2) is 0 Å². The lowest BCUT2D eigenvalue weighted by atomic mass is 9.97. The van der Waals surface area contributed by atoms with Gasteiger partial charge >= 0.3 is 0 Å². The summed E-state index contributed by atoms with van der Waals surface area (Å²) in [7, 11) is -0.290. The predicted molar refractivity (Wildman–Crippen MR) is 105 cm³/mol. The lowest BCUT2D eigenvalue weighted by Gasteiger charge is -2.44. The van der Waals surface area contributed by atoms with Gasteiger partial charge in [-0.3, -0.25) is 0 Å². The minimum atomic E-state index is -2.42. The Balaban J connectivity index is 2.14. The van der Waals surface area contributed by atoms with Gasteiger partial charge in [-0.05, 0) is 21.8 Å². The first-order valence-corrected chi connectivity index (χ1v) is 10.7. The van der Waals surface area contributed by atoms with Gasteiger partial charge in [0.25, 0.3) is 8.32 Å². The summed E-state index contributed by atoms with van der Waals surface area (Å²) in [6, 6.07) is 21.9. The molecule has 0 aromatic heterocycles. The lowest BCUT2D eigenvalue weighted by Crippen LogP contribution is -2.67. The molecule has 2 atom stereocenters. The Bertz CT molecular complexity index is 615. The highest BCUT2D eigenvalue weighted by molar-refractivity contribution is 6.99. The van der Waals surface area contributed by atoms with Crippen LogP contribution in [-0.4, -0.2) is 34.9 Å². The van der Waals surface area contributed by atoms with Crippen LogP contribution in [0.5, 0.6) is 0 Å². The normalized spacial score (nSPS) is 21.8. The van der Waals surface area contributed by atoms with E-state index in [1.807, 2.05) is 0 Å². The summed E-state index contributed by atoms with van der Waals surface area (Å²) in [5.41, 5.74) is 0. The molecule has 126 valence electrons. The van der Waals surface area contributed by atoms with Crippen molar-refractivity contribution in [3.63, 3.8) is 0 Å². The molecule has 1 heterocycles. The van der Waals surface area contributed by atoms with Gasteiger partial charge in [-0.2, -0.15) is 0 Å². The smallest absolute Gasteiger partial charge is 0.261 e. The van der Waals surface area contributed by atoms with Crippen LogP contribution in [0.4, 0.5) is 0 Å². The zero-order chi connectivity index (χ0) is 17.2. The van der Waals surface area contributed by atoms with Gasteiger partial charge in [0.05, 0.1) is 12.7 Å². The lowest BCUT2D eigenvalue weighted by molar-refractivity contribution is 0.124. The summed E-state index contributed by atoms with van der Waals surface area (Å²) in [5.74, 6) is 0. The number of ether oxygens (including phenoxy) is 1. The first kappa shape index (κ1) is 17.5. The molecule has 0 radical (unpaired) electrons. The maximum Gasteiger partial charge on any atom is 0.261 e. The molecule has 0 unspecified atom stereocenters. The number of hydrogen-bond acceptors (Lipinski definition) is 2. The molecular weight excluding hydrogens is 311 g/mol. The van der Waals surface area contributed by atoms with Gasteiger partial charge in [0, 0.05) is 6.00 Å². The van der Waals surface area contributed by atoms with E-state index in [-0.39, 0.29) is 17.1 Å². The molecule has 2 aromatic rings. The number of benzene rings is 2. The van der Waals surface area contributed by atoms with Gasteiger partial charge in [0.2, 0.25) is 0 Å². The Morgan fingerprint density at radius 1 is 0.958 bits per heavy atom. The van der Waals surface area contributed by atoms with Crippen molar-refractivity contribution in [2.24, 2.45) is 0 Å². The SMILES string of the molecule is B[C@H]1C[C@H](O[Si](c2ccccc2)(c2ccccc2)C(C)(C)C)CO1. The largest absolute Gasteiger partial charge is 0.402 e. The molecule has 2 aromatic carbocycles. The quantitative estimate of drug-likeness (QED) is 0.797. The molecule has 1 aliphatic heterocycles. The first-order valence-electron chi connectivity index (χ1n) is 8.84. The molecule has 24 heavy (non-hydrogen) atoms. The Labute approximate surface area is 147 Å². The van der Waals surface area contributed by atoms with E-state index in [0.717, 1.165) is 6.42 Å². The molecule has 0 N–H and O–H groups in total. The standard InChI is InChI=1S/C20H27BO2Si/c1-20(2,3)24(17-10-6-4-7-11-17,18-12-8-5-9-13-18)23-16-14-19(21)22-15-16/h4-13,16,19H,14-15,21H2,1-3H3/t16-,19+/m0/s1. The molecule has 3 rings (SSSR count). The van der Waals surface area contributed by atoms with E-state index in [1.165, 1.54) is 10.4 Å². The van der Waals surface area contributed by atoms with E-state index >= 15 is 0 Å². The van der Waals surface area contributed by atoms with Crippen LogP contribution < -0.4 is 10.4 Å². The summed E-state index contributed by atoms with van der Waals surface area (Å²) in [6.45, 7) is 7.65. The minimum absolute atomic E-state index is 0.0293. The van der Waals surface area contributed by atoms with Gasteiger partial charge in [-0.15, -0.1) is 0 Å². The van der Waals surface area contributed by atoms with Crippen LogP contribution >= 0.6 is 0 Å². The highest BCUT2D eigenvalue weighted by Crippen LogP contribution is 2.38. The van der Waals surface area contributed by atoms with Crippen LogP contribution in [0.3, 0.4) is 0 Å². The second-order valence-electron chi connectivity index (χ2n) is 7.78. The third kappa shape index (κ3) is 3.23. The predicted octanol–water partition coefficient (Wildman–Crippen LogP) is 2.31. The maximum atomic E-state index is 7.02. The molecular formula is C20H27BO2Si. The fourth-order valence-electron chi connectivity index (χ4n) is 3.80. The Morgan fingerprint density at radius 3 is 1.83 bits per heavy atom. The fraction of sp³-hybridized carbons (Fsp3) is 0.400. The summed E-state index contributed by atoms with van der Waals surface area (Å²) in [4.78, 5) is 0. The van der Waals surface area contributed by atoms with Crippen LogP contribution in [0.2, 0.25) is 5.04 Å². The third-order valence-corrected chi connectivity index (χ3v) is 10.0. The topological polar surface area (TPSA) is 18.5 Å². The Morgan fingerprint density at radius 2 is 1.46 bits per heavy atom. The summed E-state index contributed by atoms with van der Waals surface area (Å²) >= 11 is 0. The molecule has 1 aliphatic rings. The van der Waals surface area contributed by atoms with E-state index < -0.39 is 8.32 Å². The van der Waals surface area contributed by atoms with Crippen molar-refractivity contribution in [2.75, 3.05) is 6.61 Å². The monoisotopic (exact) mass is 338 g/mol.